The number of thiophene rings is 1. The quantitative estimate of drug-likeness (QED) is 0.783. The molecule has 0 saturated heterocycles. The molecule has 0 aliphatic carbocycles. The van der Waals surface area contributed by atoms with Gasteiger partial charge < -0.3 is 0 Å². The van der Waals surface area contributed by atoms with Crippen molar-refractivity contribution in [2.75, 3.05) is 5.75 Å². The smallest absolute Gasteiger partial charge is 0.224 e. The van der Waals surface area contributed by atoms with Crippen LogP contribution in [0.3, 0.4) is 0 Å². The van der Waals surface area contributed by atoms with E-state index < -0.39 is 20.0 Å². The Morgan fingerprint density at radius 2 is 1.94 bits per heavy atom. The molecule has 0 amide bonds. The Morgan fingerprint density at radius 1 is 1.29 bits per heavy atom. The molecule has 1 rings (SSSR count). The predicted octanol–water partition coefficient (Wildman–Crippen LogP) is 0.225. The molecule has 1 aromatic rings. The van der Waals surface area contributed by atoms with Gasteiger partial charge in [0.05, 0.1) is 5.75 Å². The molecule has 17 heavy (non-hydrogen) atoms. The Bertz CT molecular complexity index is 574. The van der Waals surface area contributed by atoms with Crippen molar-refractivity contribution in [1.82, 2.24) is 4.72 Å². The Morgan fingerprint density at radius 3 is 2.41 bits per heavy atom. The van der Waals surface area contributed by atoms with Gasteiger partial charge in [0.1, 0.15) is 4.21 Å². The molecule has 98 valence electrons. The SMILES string of the molecule is CCCS(=O)(=O)NCc1ccc(S(N)(=O)=O)s1. The molecule has 0 unspecified atom stereocenters. The molecule has 0 aliphatic rings. The van der Waals surface area contributed by atoms with E-state index in [1.54, 1.807) is 13.0 Å². The van der Waals surface area contributed by atoms with E-state index in [1.165, 1.54) is 6.07 Å². The third kappa shape index (κ3) is 4.72. The Kier molecular flexibility index (Phi) is 4.67. The fourth-order valence-electron chi connectivity index (χ4n) is 1.13. The highest BCUT2D eigenvalue weighted by Crippen LogP contribution is 2.20. The lowest BCUT2D eigenvalue weighted by Gasteiger charge is -2.03. The maximum absolute atomic E-state index is 11.4. The molecule has 9 heteroatoms. The van der Waals surface area contributed by atoms with E-state index in [1.807, 2.05) is 0 Å². The van der Waals surface area contributed by atoms with Gasteiger partial charge in [-0.3, -0.25) is 0 Å². The fraction of sp³-hybridized carbons (Fsp3) is 0.500. The van der Waals surface area contributed by atoms with Crippen LogP contribution >= 0.6 is 11.3 Å². The minimum Gasteiger partial charge on any atom is -0.224 e. The van der Waals surface area contributed by atoms with Crippen LogP contribution in [0, 0.1) is 0 Å². The lowest BCUT2D eigenvalue weighted by Crippen LogP contribution is -2.25. The van der Waals surface area contributed by atoms with E-state index in [-0.39, 0.29) is 16.5 Å². The van der Waals surface area contributed by atoms with Crippen LogP contribution in [-0.2, 0) is 26.6 Å². The number of rotatable bonds is 6. The summed E-state index contributed by atoms with van der Waals surface area (Å²) < 4.78 is 47.1. The van der Waals surface area contributed by atoms with Crippen molar-refractivity contribution in [3.63, 3.8) is 0 Å². The first-order valence-electron chi connectivity index (χ1n) is 4.83. The summed E-state index contributed by atoms with van der Waals surface area (Å²) in [5.41, 5.74) is 0. The van der Waals surface area contributed by atoms with Gasteiger partial charge in [-0.2, -0.15) is 0 Å². The first kappa shape index (κ1) is 14.6. The van der Waals surface area contributed by atoms with Crippen molar-refractivity contribution in [2.24, 2.45) is 5.14 Å². The van der Waals surface area contributed by atoms with Gasteiger partial charge in [0.2, 0.25) is 20.0 Å². The molecule has 0 radical (unpaired) electrons. The van der Waals surface area contributed by atoms with Gasteiger partial charge in [-0.1, -0.05) is 6.92 Å². The van der Waals surface area contributed by atoms with E-state index in [4.69, 9.17) is 5.14 Å². The van der Waals surface area contributed by atoms with Crippen molar-refractivity contribution in [1.29, 1.82) is 0 Å². The monoisotopic (exact) mass is 298 g/mol. The number of nitrogens with one attached hydrogen (secondary N) is 1. The zero-order valence-corrected chi connectivity index (χ0v) is 11.7. The van der Waals surface area contributed by atoms with Gasteiger partial charge in [0.25, 0.3) is 0 Å². The summed E-state index contributed by atoms with van der Waals surface area (Å²) in [5, 5.41) is 4.94. The molecule has 6 nitrogen and oxygen atoms in total. The van der Waals surface area contributed by atoms with Crippen LogP contribution in [0.5, 0.6) is 0 Å². The normalized spacial score (nSPS) is 12.8. The van der Waals surface area contributed by atoms with Crippen molar-refractivity contribution >= 4 is 31.4 Å². The summed E-state index contributed by atoms with van der Waals surface area (Å²) in [6, 6.07) is 2.91. The first-order chi connectivity index (χ1) is 7.74. The zero-order chi connectivity index (χ0) is 13.1. The highest BCUT2D eigenvalue weighted by atomic mass is 32.2. The number of nitrogens with two attached hydrogens (primary N) is 1. The third-order valence-corrected chi connectivity index (χ3v) is 5.91. The molecule has 0 aliphatic heterocycles. The summed E-state index contributed by atoms with van der Waals surface area (Å²) in [6.45, 7) is 1.85. The summed E-state index contributed by atoms with van der Waals surface area (Å²) in [4.78, 5) is 0.605. The Balaban J connectivity index is 2.69. The average Bonchev–Trinajstić information content (AvgIpc) is 2.62. The van der Waals surface area contributed by atoms with Gasteiger partial charge in [0, 0.05) is 11.4 Å². The molecule has 0 atom stereocenters. The van der Waals surface area contributed by atoms with Crippen LogP contribution in [0.1, 0.15) is 18.2 Å². The second-order valence-corrected chi connectivity index (χ2v) is 8.29. The summed E-state index contributed by atoms with van der Waals surface area (Å²) >= 11 is 0.959. The highest BCUT2D eigenvalue weighted by molar-refractivity contribution is 7.91. The van der Waals surface area contributed by atoms with Crippen LogP contribution in [-0.4, -0.2) is 22.6 Å². The lowest BCUT2D eigenvalue weighted by atomic mass is 10.5. The summed E-state index contributed by atoms with van der Waals surface area (Å²) in [5.74, 6) is 0.0560. The first-order valence-corrected chi connectivity index (χ1v) is 8.85. The maximum Gasteiger partial charge on any atom is 0.247 e. The maximum atomic E-state index is 11.4. The fourth-order valence-corrected chi connectivity index (χ4v) is 4.00. The molecule has 0 fully saturated rings. The standard InChI is InChI=1S/C8H14N2O4S3/c1-2-5-16(11,12)10-6-7-3-4-8(15-7)17(9,13)14/h3-4,10H,2,5-6H2,1H3,(H2,9,13,14). The number of hydrogen-bond donors (Lipinski definition) is 2. The number of hydrogen-bond acceptors (Lipinski definition) is 5. The highest BCUT2D eigenvalue weighted by Gasteiger charge is 2.13. The van der Waals surface area contributed by atoms with E-state index in [0.29, 0.717) is 11.3 Å². The van der Waals surface area contributed by atoms with Crippen molar-refractivity contribution in [3.05, 3.63) is 17.0 Å². The molecule has 1 heterocycles. The van der Waals surface area contributed by atoms with Gasteiger partial charge in [-0.25, -0.2) is 26.7 Å². The van der Waals surface area contributed by atoms with Crippen LogP contribution < -0.4 is 9.86 Å². The molecular weight excluding hydrogens is 284 g/mol. The Labute approximate surface area is 105 Å². The topological polar surface area (TPSA) is 106 Å². The molecule has 0 aromatic carbocycles. The predicted molar refractivity (Wildman–Crippen MR) is 66.6 cm³/mol. The average molecular weight is 298 g/mol. The van der Waals surface area contributed by atoms with Crippen LogP contribution in [0.15, 0.2) is 16.3 Å². The Hall–Kier alpha value is -0.480. The molecule has 0 saturated carbocycles. The summed E-state index contributed by atoms with van der Waals surface area (Å²) in [6.07, 6.45) is 0.530. The van der Waals surface area contributed by atoms with E-state index in [9.17, 15) is 16.8 Å². The van der Waals surface area contributed by atoms with Gasteiger partial charge >= 0.3 is 0 Å². The van der Waals surface area contributed by atoms with Gasteiger partial charge in [0.15, 0.2) is 0 Å². The van der Waals surface area contributed by atoms with Crippen molar-refractivity contribution in [2.45, 2.75) is 24.1 Å². The minimum absolute atomic E-state index is 0.0298. The summed E-state index contributed by atoms with van der Waals surface area (Å²) in [7, 11) is -6.98. The van der Waals surface area contributed by atoms with E-state index >= 15 is 0 Å². The van der Waals surface area contributed by atoms with E-state index in [0.717, 1.165) is 11.3 Å². The minimum atomic E-state index is -3.70. The molecular formula is C8H14N2O4S3. The molecule has 0 bridgehead atoms. The lowest BCUT2D eigenvalue weighted by molar-refractivity contribution is 0.580. The van der Waals surface area contributed by atoms with Crippen LogP contribution in [0.2, 0.25) is 0 Å². The van der Waals surface area contributed by atoms with Gasteiger partial charge in [-0.15, -0.1) is 11.3 Å². The third-order valence-electron chi connectivity index (χ3n) is 1.86. The van der Waals surface area contributed by atoms with Crippen LogP contribution in [0.4, 0.5) is 0 Å². The molecule has 3 N–H and O–H groups in total. The largest absolute Gasteiger partial charge is 0.247 e. The van der Waals surface area contributed by atoms with Gasteiger partial charge in [-0.05, 0) is 18.6 Å². The van der Waals surface area contributed by atoms with E-state index in [2.05, 4.69) is 4.72 Å². The number of primary sulfonamides is 1. The second-order valence-electron chi connectivity index (χ2n) is 3.41. The van der Waals surface area contributed by atoms with Crippen LogP contribution in [0.25, 0.3) is 0 Å². The second kappa shape index (κ2) is 5.44. The van der Waals surface area contributed by atoms with Crippen molar-refractivity contribution < 1.29 is 16.8 Å². The zero-order valence-electron chi connectivity index (χ0n) is 9.21. The van der Waals surface area contributed by atoms with Crippen molar-refractivity contribution in [3.8, 4) is 0 Å². The molecule has 1 aromatic heterocycles. The number of sulfonamides is 2. The molecule has 0 spiro atoms.